The number of hydrogen-bond acceptors (Lipinski definition) is 7. The fourth-order valence-corrected chi connectivity index (χ4v) is 2.43. The van der Waals surface area contributed by atoms with Crippen LogP contribution in [0.5, 0.6) is 0 Å². The van der Waals surface area contributed by atoms with Crippen molar-refractivity contribution in [3.8, 4) is 0 Å². The van der Waals surface area contributed by atoms with Crippen LogP contribution in [0.2, 0.25) is 0 Å². The molecule has 0 aliphatic carbocycles. The van der Waals surface area contributed by atoms with Crippen LogP contribution < -0.4 is 0 Å². The number of aliphatic carboxylic acids is 1. The first-order chi connectivity index (χ1) is 16.8. The van der Waals surface area contributed by atoms with Crippen molar-refractivity contribution >= 4 is 38.3 Å². The van der Waals surface area contributed by atoms with E-state index in [1.54, 1.807) is 0 Å². The topological polar surface area (TPSA) is 213 Å². The Morgan fingerprint density at radius 3 is 0.971 bits per heavy atom. The fourth-order valence-electron chi connectivity index (χ4n) is 2.43. The first kappa shape index (κ1) is 45.3. The molecule has 0 aromatic heterocycles. The van der Waals surface area contributed by atoms with Crippen LogP contribution in [0.4, 0.5) is 0 Å². The lowest BCUT2D eigenvalue weighted by molar-refractivity contribution is -0.134. The highest BCUT2D eigenvalue weighted by molar-refractivity contribution is 5.62. The van der Waals surface area contributed by atoms with E-state index in [1.165, 1.54) is 83.5 Å². The number of hydrogen-bond donors (Lipinski definition) is 5. The van der Waals surface area contributed by atoms with E-state index in [2.05, 4.69) is 11.7 Å². The summed E-state index contributed by atoms with van der Waals surface area (Å²) in [5.74, 6) is -0.833. The molecule has 0 rings (SSSR count). The zero-order chi connectivity index (χ0) is 28.4. The van der Waals surface area contributed by atoms with Gasteiger partial charge < -0.3 is 30.3 Å². The van der Waals surface area contributed by atoms with E-state index < -0.39 is 5.97 Å². The van der Waals surface area contributed by atoms with Gasteiger partial charge in [-0.25, -0.2) is 0 Å². The molecule has 210 valence electrons. The van der Waals surface area contributed by atoms with Gasteiger partial charge in [0.2, 0.25) is 0 Å². The second-order valence-corrected chi connectivity index (χ2v) is 6.50. The number of carboxylic acid groups (broad SMARTS) is 5. The van der Waals surface area contributed by atoms with Crippen molar-refractivity contribution in [1.82, 2.24) is 0 Å². The molecule has 0 spiro atoms. The Balaban J connectivity index is -0.000000107. The summed E-state index contributed by atoms with van der Waals surface area (Å²) in [5, 5.41) is 35.0. The summed E-state index contributed by atoms with van der Waals surface area (Å²) in [6.45, 7) is 3.50. The Morgan fingerprint density at radius 2 is 0.771 bits per heavy atom. The second kappa shape index (κ2) is 63.2. The summed E-state index contributed by atoms with van der Waals surface area (Å²) in [7, 11) is 0. The van der Waals surface area contributed by atoms with Crippen LogP contribution >= 0.6 is 0 Å². The molecule has 0 bridgehead atoms. The Hall–Kier alpha value is -3.18. The molecule has 35 heavy (non-hydrogen) atoms. The summed E-state index contributed by atoms with van der Waals surface area (Å²) < 4.78 is 4.66. The predicted molar refractivity (Wildman–Crippen MR) is 130 cm³/mol. The lowest BCUT2D eigenvalue weighted by Crippen LogP contribution is -1.91. The van der Waals surface area contributed by atoms with Gasteiger partial charge in [0.15, 0.2) is 0 Å². The Morgan fingerprint density at radius 1 is 0.571 bits per heavy atom. The molecule has 0 saturated carbocycles. The van der Waals surface area contributed by atoms with Crippen molar-refractivity contribution in [2.45, 2.75) is 104 Å². The molecule has 12 nitrogen and oxygen atoms in total. The predicted octanol–water partition coefficient (Wildman–Crippen LogP) is 4.53. The standard InChI is InChI=1S/C17H34O2.C2H4O2.4CH2O2/c1-2-3-4-5-6-7-8-9-10-11-12-13-14-15-16-19-17-18;1-2(3)4;4*2-1-3/h17H,2-16H2,1H3;1H3,(H,3,4);4*1H,(H,2,3). The molecule has 0 aliphatic rings. The fraction of sp³-hybridized carbons (Fsp3) is 0.739. The monoisotopic (exact) mass is 514 g/mol. The minimum atomic E-state index is -0.833. The molecule has 0 aromatic rings. The minimum absolute atomic E-state index is 0.250. The van der Waals surface area contributed by atoms with Gasteiger partial charge in [0, 0.05) is 6.92 Å². The Kier molecular flexibility index (Phi) is 81.9. The molecular formula is C23H46O12. The number of rotatable bonds is 16. The highest BCUT2D eigenvalue weighted by Crippen LogP contribution is 2.12. The smallest absolute Gasteiger partial charge is 0.300 e. The average molecular weight is 515 g/mol. The van der Waals surface area contributed by atoms with Gasteiger partial charge in [0.25, 0.3) is 38.3 Å². The molecule has 0 aliphatic heterocycles. The zero-order valence-electron chi connectivity index (χ0n) is 21.1. The second-order valence-electron chi connectivity index (χ2n) is 6.50. The Bertz CT molecular complexity index is 376. The number of carboxylic acids is 1. The van der Waals surface area contributed by atoms with E-state index in [9.17, 15) is 4.79 Å². The molecular weight excluding hydrogens is 468 g/mol. The number of unbranched alkanes of at least 4 members (excludes halogenated alkanes) is 13. The molecule has 0 fully saturated rings. The third-order valence-electron chi connectivity index (χ3n) is 3.68. The van der Waals surface area contributed by atoms with Crippen LogP contribution in [0.1, 0.15) is 104 Å². The van der Waals surface area contributed by atoms with Crippen molar-refractivity contribution in [2.24, 2.45) is 0 Å². The van der Waals surface area contributed by atoms with E-state index in [-0.39, 0.29) is 25.9 Å². The van der Waals surface area contributed by atoms with Gasteiger partial charge in [-0.1, -0.05) is 90.4 Å². The van der Waals surface area contributed by atoms with Crippen molar-refractivity contribution in [2.75, 3.05) is 6.61 Å². The minimum Gasteiger partial charge on any atom is -0.483 e. The molecule has 12 heteroatoms. The van der Waals surface area contributed by atoms with Gasteiger partial charge in [0.05, 0.1) is 6.61 Å². The molecule has 0 aromatic carbocycles. The molecule has 0 heterocycles. The summed E-state index contributed by atoms with van der Waals surface area (Å²) in [6, 6.07) is 0. The molecule has 0 unspecified atom stereocenters. The van der Waals surface area contributed by atoms with Crippen molar-refractivity contribution < 1.29 is 59.0 Å². The number of carbonyl (C=O) groups excluding carboxylic acids is 1. The zero-order valence-corrected chi connectivity index (χ0v) is 21.1. The van der Waals surface area contributed by atoms with Crippen molar-refractivity contribution in [3.05, 3.63) is 0 Å². The van der Waals surface area contributed by atoms with Crippen LogP contribution in [0.25, 0.3) is 0 Å². The number of carbonyl (C=O) groups is 6. The van der Waals surface area contributed by atoms with Gasteiger partial charge >= 0.3 is 0 Å². The summed E-state index contributed by atoms with van der Waals surface area (Å²) in [5.41, 5.74) is 0. The van der Waals surface area contributed by atoms with Gasteiger partial charge in [-0.15, -0.1) is 0 Å². The summed E-state index contributed by atoms with van der Waals surface area (Å²) >= 11 is 0. The maximum Gasteiger partial charge on any atom is 0.300 e. The van der Waals surface area contributed by atoms with Crippen LogP contribution in [0, 0.1) is 0 Å². The lowest BCUT2D eigenvalue weighted by atomic mass is 10.0. The van der Waals surface area contributed by atoms with Crippen LogP contribution in [0.3, 0.4) is 0 Å². The lowest BCUT2D eigenvalue weighted by Gasteiger charge is -2.03. The highest BCUT2D eigenvalue weighted by atomic mass is 16.5. The highest BCUT2D eigenvalue weighted by Gasteiger charge is 1.94. The normalized spacial score (nSPS) is 7.83. The maximum absolute atomic E-state index is 9.92. The SMILES string of the molecule is CC(=O)O.CCCCCCCCCCCCCCCCOC=O.O=CO.O=CO.O=CO.O=CO. The maximum atomic E-state index is 9.92. The van der Waals surface area contributed by atoms with E-state index in [4.69, 9.17) is 49.5 Å². The van der Waals surface area contributed by atoms with Gasteiger partial charge in [-0.3, -0.25) is 28.8 Å². The molecule has 0 atom stereocenters. The third kappa shape index (κ3) is 156. The van der Waals surface area contributed by atoms with Crippen molar-refractivity contribution in [1.29, 1.82) is 0 Å². The van der Waals surface area contributed by atoms with Gasteiger partial charge in [-0.2, -0.15) is 0 Å². The van der Waals surface area contributed by atoms with Crippen LogP contribution in [0.15, 0.2) is 0 Å². The molecule has 5 N–H and O–H groups in total. The molecule has 0 saturated heterocycles. The molecule has 0 amide bonds. The van der Waals surface area contributed by atoms with Crippen molar-refractivity contribution in [3.63, 3.8) is 0 Å². The van der Waals surface area contributed by atoms with Gasteiger partial charge in [0.1, 0.15) is 0 Å². The number of ether oxygens (including phenoxy) is 1. The average Bonchev–Trinajstić information content (AvgIpc) is 2.78. The summed E-state index contributed by atoms with van der Waals surface area (Å²) in [6.07, 6.45) is 19.0. The van der Waals surface area contributed by atoms with E-state index >= 15 is 0 Å². The van der Waals surface area contributed by atoms with E-state index in [0.29, 0.717) is 13.1 Å². The first-order valence-electron chi connectivity index (χ1n) is 11.4. The van der Waals surface area contributed by atoms with Crippen LogP contribution in [-0.2, 0) is 33.5 Å². The van der Waals surface area contributed by atoms with Crippen LogP contribution in [-0.4, -0.2) is 70.5 Å². The Labute approximate surface area is 208 Å². The quantitative estimate of drug-likeness (QED) is 0.142. The van der Waals surface area contributed by atoms with E-state index in [0.717, 1.165) is 13.3 Å². The first-order valence-corrected chi connectivity index (χ1v) is 11.4. The largest absolute Gasteiger partial charge is 0.483 e. The molecule has 0 radical (unpaired) electrons. The van der Waals surface area contributed by atoms with Gasteiger partial charge in [-0.05, 0) is 6.42 Å². The third-order valence-corrected chi connectivity index (χ3v) is 3.68. The van der Waals surface area contributed by atoms with E-state index in [1.807, 2.05) is 0 Å². The summed E-state index contributed by atoms with van der Waals surface area (Å²) in [4.78, 5) is 52.4.